The normalized spacial score (nSPS) is 16.6. The molecule has 0 aliphatic rings. The van der Waals surface area contributed by atoms with Crippen LogP contribution in [0.25, 0.3) is 0 Å². The molecule has 0 aromatic carbocycles. The molecule has 0 bridgehead atoms. The SMILES string of the molecule is F.O=C(O)C(F)(C(F)(F)F)S(=O)(=O)Cl. The Labute approximate surface area is 78.2 Å². The topological polar surface area (TPSA) is 71.4 Å². The minimum Gasteiger partial charge on any atom is -0.478 e. The van der Waals surface area contributed by atoms with Crippen molar-refractivity contribution in [2.45, 2.75) is 11.2 Å². The Hall–Kier alpha value is -0.640. The van der Waals surface area contributed by atoms with Gasteiger partial charge in [-0.3, -0.25) is 4.70 Å². The van der Waals surface area contributed by atoms with Crippen molar-refractivity contribution in [1.82, 2.24) is 0 Å². The second-order valence-corrected chi connectivity index (χ2v) is 4.49. The molecule has 0 rings (SSSR count). The summed E-state index contributed by atoms with van der Waals surface area (Å²) in [6, 6.07) is 0. The average Bonchev–Trinajstić information content (AvgIpc) is 1.80. The third kappa shape index (κ3) is 2.23. The Kier molecular flexibility index (Phi) is 4.35. The number of carboxylic acids is 1. The predicted octanol–water partition coefficient (Wildman–Crippen LogP) is 1.02. The number of aliphatic carboxylic acids is 1. The first-order chi connectivity index (χ1) is 5.44. The van der Waals surface area contributed by atoms with E-state index in [-0.39, 0.29) is 4.70 Å². The highest BCUT2D eigenvalue weighted by Crippen LogP contribution is 2.40. The average molecular weight is 265 g/mol. The predicted molar refractivity (Wildman–Crippen MR) is 34.8 cm³/mol. The minimum absolute atomic E-state index is 0. The van der Waals surface area contributed by atoms with Crippen LogP contribution in [0.3, 0.4) is 0 Å². The molecule has 1 atom stereocenters. The van der Waals surface area contributed by atoms with Crippen LogP contribution in [0.5, 0.6) is 0 Å². The first-order valence-corrected chi connectivity index (χ1v) is 4.68. The van der Waals surface area contributed by atoms with Gasteiger partial charge in [-0.25, -0.2) is 17.6 Å². The molecule has 0 saturated heterocycles. The molecule has 0 aromatic heterocycles. The van der Waals surface area contributed by atoms with E-state index in [1.807, 2.05) is 0 Å². The Morgan fingerprint density at radius 3 is 1.50 bits per heavy atom. The van der Waals surface area contributed by atoms with Crippen LogP contribution >= 0.6 is 10.7 Å². The molecule has 0 radical (unpaired) electrons. The van der Waals surface area contributed by atoms with Gasteiger partial charge < -0.3 is 5.11 Å². The zero-order chi connectivity index (χ0) is 11.1. The maximum Gasteiger partial charge on any atom is 0.450 e. The molecule has 0 aromatic rings. The largest absolute Gasteiger partial charge is 0.478 e. The second-order valence-electron chi connectivity index (χ2n) is 1.84. The highest BCUT2D eigenvalue weighted by atomic mass is 35.7. The van der Waals surface area contributed by atoms with Crippen molar-refractivity contribution in [3.63, 3.8) is 0 Å². The fraction of sp³-hybridized carbons (Fsp3) is 0.667. The monoisotopic (exact) mass is 264 g/mol. The molecule has 0 heterocycles. The fourth-order valence-electron chi connectivity index (χ4n) is 0.364. The lowest BCUT2D eigenvalue weighted by Crippen LogP contribution is -2.52. The lowest BCUT2D eigenvalue weighted by atomic mass is 10.4. The Balaban J connectivity index is 0. The summed E-state index contributed by atoms with van der Waals surface area (Å²) in [5.41, 5.74) is 0. The summed E-state index contributed by atoms with van der Waals surface area (Å²) in [5.74, 6) is -3.23. The van der Waals surface area contributed by atoms with Crippen LogP contribution in [-0.4, -0.2) is 30.7 Å². The molecule has 0 fully saturated rings. The molecule has 1 unspecified atom stereocenters. The standard InChI is InChI=1S/C3HClF4O4S.FH/c4-13(11,12)2(5,1(9)10)3(6,7)8;/h(H,9,10);1H. The maximum atomic E-state index is 12.5. The van der Waals surface area contributed by atoms with Crippen LogP contribution in [-0.2, 0) is 13.8 Å². The van der Waals surface area contributed by atoms with E-state index in [4.69, 9.17) is 5.11 Å². The van der Waals surface area contributed by atoms with Crippen LogP contribution in [0.1, 0.15) is 0 Å². The summed E-state index contributed by atoms with van der Waals surface area (Å²) in [6.07, 6.45) is -6.13. The molecule has 4 nitrogen and oxygen atoms in total. The van der Waals surface area contributed by atoms with Gasteiger partial charge in [0.1, 0.15) is 0 Å². The lowest BCUT2D eigenvalue weighted by Gasteiger charge is -2.19. The van der Waals surface area contributed by atoms with E-state index in [1.54, 1.807) is 0 Å². The molecule has 11 heteroatoms. The maximum absolute atomic E-state index is 12.5. The Morgan fingerprint density at radius 1 is 1.21 bits per heavy atom. The summed E-state index contributed by atoms with van der Waals surface area (Å²) in [5, 5.41) is 2.27. The first kappa shape index (κ1) is 15.8. The van der Waals surface area contributed by atoms with Gasteiger partial charge in [-0.15, -0.1) is 0 Å². The van der Waals surface area contributed by atoms with Gasteiger partial charge in [-0.1, -0.05) is 0 Å². The Morgan fingerprint density at radius 2 is 1.50 bits per heavy atom. The zero-order valence-electron chi connectivity index (χ0n) is 5.88. The van der Waals surface area contributed by atoms with Gasteiger partial charge in [0.15, 0.2) is 0 Å². The van der Waals surface area contributed by atoms with Gasteiger partial charge in [0.2, 0.25) is 0 Å². The van der Waals surface area contributed by atoms with Gasteiger partial charge in [-0.05, 0) is 0 Å². The van der Waals surface area contributed by atoms with Gasteiger partial charge in [0, 0.05) is 10.7 Å². The summed E-state index contributed by atoms with van der Waals surface area (Å²) >= 11 is 0. The third-order valence-corrected chi connectivity index (χ3v) is 2.69. The number of carboxylic acid groups (broad SMARTS) is 1. The highest BCUT2D eigenvalue weighted by molar-refractivity contribution is 8.15. The van der Waals surface area contributed by atoms with Crippen molar-refractivity contribution >= 4 is 25.7 Å². The van der Waals surface area contributed by atoms with Crippen molar-refractivity contribution < 1.29 is 40.6 Å². The quantitative estimate of drug-likeness (QED) is 0.597. The molecule has 0 spiro atoms. The molecule has 0 amide bonds. The minimum atomic E-state index is -6.13. The summed E-state index contributed by atoms with van der Waals surface area (Å²) in [4.78, 5) is 9.76. The van der Waals surface area contributed by atoms with E-state index >= 15 is 0 Å². The molecule has 0 aliphatic carbocycles. The van der Waals surface area contributed by atoms with Crippen molar-refractivity contribution in [3.05, 3.63) is 0 Å². The van der Waals surface area contributed by atoms with Crippen LogP contribution in [0.4, 0.5) is 22.3 Å². The van der Waals surface area contributed by atoms with Crippen LogP contribution in [0, 0.1) is 0 Å². The first-order valence-electron chi connectivity index (χ1n) is 2.38. The molecular formula is C3H2ClF5O4S. The van der Waals surface area contributed by atoms with Gasteiger partial charge in [-0.2, -0.15) is 13.2 Å². The van der Waals surface area contributed by atoms with Gasteiger partial charge in [0.25, 0.3) is 9.05 Å². The van der Waals surface area contributed by atoms with E-state index in [2.05, 4.69) is 10.7 Å². The van der Waals surface area contributed by atoms with E-state index in [0.717, 1.165) is 0 Å². The smallest absolute Gasteiger partial charge is 0.450 e. The second kappa shape index (κ2) is 3.85. The van der Waals surface area contributed by atoms with Gasteiger partial charge in [0.05, 0.1) is 0 Å². The number of rotatable bonds is 2. The number of hydrogen-bond acceptors (Lipinski definition) is 3. The van der Waals surface area contributed by atoms with E-state index in [1.165, 1.54) is 0 Å². The zero-order valence-corrected chi connectivity index (χ0v) is 7.45. The van der Waals surface area contributed by atoms with E-state index < -0.39 is 26.2 Å². The molecule has 14 heavy (non-hydrogen) atoms. The summed E-state index contributed by atoms with van der Waals surface area (Å²) < 4.78 is 67.4. The third-order valence-electron chi connectivity index (χ3n) is 0.976. The van der Waals surface area contributed by atoms with E-state index in [9.17, 15) is 30.8 Å². The molecule has 0 aliphatic heterocycles. The molecule has 86 valence electrons. The number of alkyl halides is 4. The molecular weight excluding hydrogens is 263 g/mol. The number of halogens is 6. The van der Waals surface area contributed by atoms with Crippen LogP contribution < -0.4 is 0 Å². The Bertz CT molecular complexity index is 322. The fourth-order valence-corrected chi connectivity index (χ4v) is 1.31. The molecule has 1 N–H and O–H groups in total. The van der Waals surface area contributed by atoms with Gasteiger partial charge >= 0.3 is 17.1 Å². The van der Waals surface area contributed by atoms with Crippen LogP contribution in [0.2, 0.25) is 0 Å². The van der Waals surface area contributed by atoms with Crippen LogP contribution in [0.15, 0.2) is 0 Å². The summed E-state index contributed by atoms with van der Waals surface area (Å²) in [6.45, 7) is 0. The van der Waals surface area contributed by atoms with E-state index in [0.29, 0.717) is 0 Å². The summed E-state index contributed by atoms with van der Waals surface area (Å²) in [7, 11) is -1.92. The number of carbonyl (C=O) groups is 1. The molecule has 0 saturated carbocycles. The highest BCUT2D eigenvalue weighted by Gasteiger charge is 2.71. The number of hydrogen-bond donors (Lipinski definition) is 1. The lowest BCUT2D eigenvalue weighted by molar-refractivity contribution is -0.209. The van der Waals surface area contributed by atoms with Crippen molar-refractivity contribution in [2.75, 3.05) is 0 Å². The van der Waals surface area contributed by atoms with Crippen molar-refractivity contribution in [1.29, 1.82) is 0 Å². The van der Waals surface area contributed by atoms with Crippen molar-refractivity contribution in [3.8, 4) is 0 Å². The van der Waals surface area contributed by atoms with Crippen molar-refractivity contribution in [2.24, 2.45) is 0 Å².